The van der Waals surface area contributed by atoms with E-state index < -0.39 is 10.0 Å². The number of benzene rings is 1. The van der Waals surface area contributed by atoms with E-state index in [-0.39, 0.29) is 22.9 Å². The van der Waals surface area contributed by atoms with Crippen molar-refractivity contribution in [2.75, 3.05) is 6.54 Å². The first kappa shape index (κ1) is 18.5. The minimum atomic E-state index is -3.64. The zero-order valence-electron chi connectivity index (χ0n) is 14.9. The van der Waals surface area contributed by atoms with E-state index in [0.29, 0.717) is 12.1 Å². The average molecular weight is 373 g/mol. The largest absolute Gasteiger partial charge is 0.332 e. The van der Waals surface area contributed by atoms with Crippen LogP contribution in [0.4, 0.5) is 0 Å². The molecule has 1 saturated heterocycles. The number of pyridine rings is 1. The minimum absolute atomic E-state index is 0.0229. The van der Waals surface area contributed by atoms with Gasteiger partial charge in [-0.25, -0.2) is 13.1 Å². The molecule has 1 N–H and O–H groups in total. The van der Waals surface area contributed by atoms with E-state index in [2.05, 4.69) is 9.71 Å². The summed E-state index contributed by atoms with van der Waals surface area (Å²) in [4.78, 5) is 19.1. The van der Waals surface area contributed by atoms with Crippen molar-refractivity contribution >= 4 is 15.9 Å². The average Bonchev–Trinajstić information content (AvgIpc) is 3.10. The molecule has 0 aliphatic carbocycles. The summed E-state index contributed by atoms with van der Waals surface area (Å²) in [5.41, 5.74) is 1.39. The summed E-state index contributed by atoms with van der Waals surface area (Å²) in [6.45, 7) is 4.17. The highest BCUT2D eigenvalue weighted by Crippen LogP contribution is 2.32. The Kier molecular flexibility index (Phi) is 5.38. The van der Waals surface area contributed by atoms with Crippen LogP contribution >= 0.6 is 0 Å². The molecule has 2 heterocycles. The van der Waals surface area contributed by atoms with Crippen LogP contribution in [-0.2, 0) is 10.0 Å². The first-order valence-corrected chi connectivity index (χ1v) is 10.2. The van der Waals surface area contributed by atoms with E-state index in [9.17, 15) is 13.2 Å². The second-order valence-corrected chi connectivity index (χ2v) is 8.46. The molecule has 1 amide bonds. The standard InChI is InChI=1S/C19H23N3O3S/c1-14(2)21-26(24,25)17-8-3-6-15(12-17)19(23)22-11-5-9-18(22)16-7-4-10-20-13-16/h3-4,6-8,10,12-14,18,21H,5,9,11H2,1-2H3/t18-/m0/s1. The fourth-order valence-corrected chi connectivity index (χ4v) is 4.57. The fourth-order valence-electron chi connectivity index (χ4n) is 3.27. The molecule has 1 aromatic heterocycles. The Hall–Kier alpha value is -2.25. The molecule has 1 aromatic carbocycles. The lowest BCUT2D eigenvalue weighted by molar-refractivity contribution is 0.0735. The van der Waals surface area contributed by atoms with Gasteiger partial charge in [0.2, 0.25) is 10.0 Å². The van der Waals surface area contributed by atoms with Crippen LogP contribution in [0.5, 0.6) is 0 Å². The molecule has 1 aliphatic heterocycles. The molecule has 7 heteroatoms. The van der Waals surface area contributed by atoms with E-state index in [1.165, 1.54) is 12.1 Å². The lowest BCUT2D eigenvalue weighted by atomic mass is 10.1. The van der Waals surface area contributed by atoms with Crippen LogP contribution in [0, 0.1) is 0 Å². The maximum Gasteiger partial charge on any atom is 0.254 e. The SMILES string of the molecule is CC(C)NS(=O)(=O)c1cccc(C(=O)N2CCC[C@H]2c2cccnc2)c1. The van der Waals surface area contributed by atoms with Crippen molar-refractivity contribution in [2.45, 2.75) is 43.7 Å². The Morgan fingerprint density at radius 3 is 2.77 bits per heavy atom. The lowest BCUT2D eigenvalue weighted by Crippen LogP contribution is -2.32. The number of likely N-dealkylation sites (tertiary alicyclic amines) is 1. The maximum atomic E-state index is 13.0. The predicted octanol–water partition coefficient (Wildman–Crippen LogP) is 2.75. The highest BCUT2D eigenvalue weighted by molar-refractivity contribution is 7.89. The van der Waals surface area contributed by atoms with Gasteiger partial charge in [-0.2, -0.15) is 0 Å². The van der Waals surface area contributed by atoms with Gasteiger partial charge in [-0.15, -0.1) is 0 Å². The van der Waals surface area contributed by atoms with E-state index >= 15 is 0 Å². The van der Waals surface area contributed by atoms with Crippen LogP contribution in [0.1, 0.15) is 48.7 Å². The Bertz CT molecular complexity index is 882. The highest BCUT2D eigenvalue weighted by Gasteiger charge is 2.31. The Labute approximate surface area is 154 Å². The number of nitrogens with one attached hydrogen (secondary N) is 1. The van der Waals surface area contributed by atoms with Gasteiger partial charge in [0.1, 0.15) is 0 Å². The monoisotopic (exact) mass is 373 g/mol. The number of aromatic nitrogens is 1. The number of rotatable bonds is 5. The van der Waals surface area contributed by atoms with E-state index in [1.54, 1.807) is 43.3 Å². The Morgan fingerprint density at radius 2 is 2.08 bits per heavy atom. The first-order chi connectivity index (χ1) is 12.4. The Balaban J connectivity index is 1.87. The number of hydrogen-bond acceptors (Lipinski definition) is 4. The van der Waals surface area contributed by atoms with E-state index in [1.807, 2.05) is 12.1 Å². The van der Waals surface area contributed by atoms with Gasteiger partial charge >= 0.3 is 0 Å². The van der Waals surface area contributed by atoms with Crippen molar-refractivity contribution in [3.63, 3.8) is 0 Å². The molecule has 1 aliphatic rings. The predicted molar refractivity (Wildman–Crippen MR) is 99.1 cm³/mol. The summed E-state index contributed by atoms with van der Waals surface area (Å²) < 4.78 is 27.3. The molecule has 0 unspecified atom stereocenters. The van der Waals surface area contributed by atoms with Crippen molar-refractivity contribution in [1.29, 1.82) is 0 Å². The van der Waals surface area contributed by atoms with Gasteiger partial charge in [0.05, 0.1) is 10.9 Å². The molecule has 0 radical (unpaired) electrons. The second kappa shape index (κ2) is 7.55. The van der Waals surface area contributed by atoms with Crippen LogP contribution < -0.4 is 4.72 Å². The minimum Gasteiger partial charge on any atom is -0.332 e. The molecular formula is C19H23N3O3S. The summed E-state index contributed by atoms with van der Waals surface area (Å²) in [7, 11) is -3.64. The second-order valence-electron chi connectivity index (χ2n) is 6.75. The number of carbonyl (C=O) groups is 1. The van der Waals surface area contributed by atoms with E-state index in [4.69, 9.17) is 0 Å². The quantitative estimate of drug-likeness (QED) is 0.874. The van der Waals surface area contributed by atoms with Gasteiger partial charge in [-0.1, -0.05) is 12.1 Å². The summed E-state index contributed by atoms with van der Waals surface area (Å²) >= 11 is 0. The van der Waals surface area contributed by atoms with Crippen LogP contribution in [0.2, 0.25) is 0 Å². The zero-order valence-corrected chi connectivity index (χ0v) is 15.7. The van der Waals surface area contributed by atoms with Gasteiger partial charge in [0.15, 0.2) is 0 Å². The smallest absolute Gasteiger partial charge is 0.254 e. The molecule has 2 aromatic rings. The van der Waals surface area contributed by atoms with Crippen molar-refractivity contribution < 1.29 is 13.2 Å². The first-order valence-electron chi connectivity index (χ1n) is 8.72. The zero-order chi connectivity index (χ0) is 18.7. The summed E-state index contributed by atoms with van der Waals surface area (Å²) in [6, 6.07) is 9.82. The fraction of sp³-hybridized carbons (Fsp3) is 0.368. The lowest BCUT2D eigenvalue weighted by Gasteiger charge is -2.25. The van der Waals surface area contributed by atoms with Crippen LogP contribution in [0.3, 0.4) is 0 Å². The van der Waals surface area contributed by atoms with Crippen LogP contribution in [0.15, 0.2) is 53.7 Å². The van der Waals surface area contributed by atoms with Gasteiger partial charge < -0.3 is 4.90 Å². The normalized spacial score (nSPS) is 17.7. The van der Waals surface area contributed by atoms with Gasteiger partial charge in [-0.05, 0) is 56.5 Å². The van der Waals surface area contributed by atoms with Gasteiger partial charge in [0.25, 0.3) is 5.91 Å². The molecule has 1 fully saturated rings. The molecular weight excluding hydrogens is 350 g/mol. The number of carbonyl (C=O) groups excluding carboxylic acids is 1. The number of hydrogen-bond donors (Lipinski definition) is 1. The number of nitrogens with zero attached hydrogens (tertiary/aromatic N) is 2. The number of amides is 1. The molecule has 138 valence electrons. The molecule has 3 rings (SSSR count). The molecule has 0 bridgehead atoms. The van der Waals surface area contributed by atoms with Gasteiger partial charge in [0, 0.05) is 30.5 Å². The molecule has 26 heavy (non-hydrogen) atoms. The van der Waals surface area contributed by atoms with E-state index in [0.717, 1.165) is 18.4 Å². The topological polar surface area (TPSA) is 79.4 Å². The maximum absolute atomic E-state index is 13.0. The third-order valence-electron chi connectivity index (χ3n) is 4.36. The Morgan fingerprint density at radius 1 is 1.27 bits per heavy atom. The van der Waals surface area contributed by atoms with Crippen molar-refractivity contribution in [3.05, 3.63) is 59.9 Å². The van der Waals surface area contributed by atoms with Crippen molar-refractivity contribution in [2.24, 2.45) is 0 Å². The number of sulfonamides is 1. The molecule has 0 saturated carbocycles. The van der Waals surface area contributed by atoms with Crippen molar-refractivity contribution in [3.8, 4) is 0 Å². The molecule has 0 spiro atoms. The van der Waals surface area contributed by atoms with Crippen LogP contribution in [0.25, 0.3) is 0 Å². The summed E-state index contributed by atoms with van der Waals surface area (Å²) in [6.07, 6.45) is 5.28. The van der Waals surface area contributed by atoms with Gasteiger partial charge in [-0.3, -0.25) is 9.78 Å². The summed E-state index contributed by atoms with van der Waals surface area (Å²) in [5, 5.41) is 0. The third kappa shape index (κ3) is 3.94. The van der Waals surface area contributed by atoms with Crippen molar-refractivity contribution in [1.82, 2.24) is 14.6 Å². The molecule has 1 atom stereocenters. The highest BCUT2D eigenvalue weighted by atomic mass is 32.2. The third-order valence-corrected chi connectivity index (χ3v) is 6.02. The molecule has 6 nitrogen and oxygen atoms in total. The van der Waals surface area contributed by atoms with Crippen LogP contribution in [-0.4, -0.2) is 36.8 Å². The summed E-state index contributed by atoms with van der Waals surface area (Å²) in [5.74, 6) is -0.155.